The highest BCUT2D eigenvalue weighted by molar-refractivity contribution is 5.94. The molecule has 1 aliphatic heterocycles. The molecule has 4 rings (SSSR count). The van der Waals surface area contributed by atoms with Gasteiger partial charge in [-0.2, -0.15) is 0 Å². The normalized spacial score (nSPS) is 21.9. The van der Waals surface area contributed by atoms with E-state index in [0.29, 0.717) is 31.0 Å². The molecule has 1 unspecified atom stereocenters. The Bertz CT molecular complexity index is 816. The van der Waals surface area contributed by atoms with Crippen LogP contribution in [0.4, 0.5) is 0 Å². The van der Waals surface area contributed by atoms with Gasteiger partial charge in [-0.3, -0.25) is 9.78 Å². The van der Waals surface area contributed by atoms with E-state index in [1.165, 1.54) is 11.1 Å². The monoisotopic (exact) mass is 352 g/mol. The molecule has 1 atom stereocenters. The van der Waals surface area contributed by atoms with E-state index in [1.54, 1.807) is 18.5 Å². The average molecular weight is 352 g/mol. The number of aromatic nitrogens is 1. The number of ether oxygens (including phenoxy) is 2. The van der Waals surface area contributed by atoms with Gasteiger partial charge in [-0.15, -0.1) is 0 Å². The topological polar surface area (TPSA) is 51.7 Å². The molecule has 1 aliphatic carbocycles. The molecule has 0 N–H and O–H groups in total. The maximum Gasteiger partial charge on any atom is 0.255 e. The second kappa shape index (κ2) is 6.72. The minimum absolute atomic E-state index is 0.0150. The molecule has 5 heteroatoms. The van der Waals surface area contributed by atoms with Gasteiger partial charge in [0.25, 0.3) is 5.91 Å². The first-order valence-corrected chi connectivity index (χ1v) is 9.21. The lowest BCUT2D eigenvalue weighted by atomic mass is 9.93. The highest BCUT2D eigenvalue weighted by Gasteiger charge is 2.44. The zero-order valence-corrected chi connectivity index (χ0v) is 15.3. The van der Waals surface area contributed by atoms with Gasteiger partial charge >= 0.3 is 0 Å². The van der Waals surface area contributed by atoms with Crippen LogP contribution in [-0.4, -0.2) is 41.6 Å². The standard InChI is InChI=1S/C21H24N2O3/c1-15(2)26-18-11-17(12-22-13-18)20(24)23-9-10-25-21(14-23)8-7-16-5-3-4-6-19(16)21/h3-6,11-13,15H,7-10,14H2,1-2H3. The van der Waals surface area contributed by atoms with Crippen molar-refractivity contribution in [2.75, 3.05) is 19.7 Å². The van der Waals surface area contributed by atoms with Crippen LogP contribution < -0.4 is 4.74 Å². The largest absolute Gasteiger partial charge is 0.489 e. The van der Waals surface area contributed by atoms with Gasteiger partial charge in [-0.1, -0.05) is 24.3 Å². The molecule has 136 valence electrons. The number of hydrogen-bond donors (Lipinski definition) is 0. The van der Waals surface area contributed by atoms with E-state index in [0.717, 1.165) is 12.8 Å². The van der Waals surface area contributed by atoms with Crippen molar-refractivity contribution in [2.45, 2.75) is 38.4 Å². The lowest BCUT2D eigenvalue weighted by molar-refractivity contribution is -0.103. The van der Waals surface area contributed by atoms with Crippen LogP contribution in [0.3, 0.4) is 0 Å². The Morgan fingerprint density at radius 3 is 3.00 bits per heavy atom. The molecule has 2 heterocycles. The zero-order chi connectivity index (χ0) is 18.1. The highest BCUT2D eigenvalue weighted by Crippen LogP contribution is 2.42. The Kier molecular flexibility index (Phi) is 4.41. The van der Waals surface area contributed by atoms with Crippen LogP contribution in [0, 0.1) is 0 Å². The fourth-order valence-electron chi connectivity index (χ4n) is 3.98. The third kappa shape index (κ3) is 3.07. The minimum Gasteiger partial charge on any atom is -0.489 e. The number of pyridine rings is 1. The molecule has 1 amide bonds. The SMILES string of the molecule is CC(C)Oc1cncc(C(=O)N2CCOC3(CCc4ccccc43)C2)c1. The molecule has 1 aromatic heterocycles. The third-order valence-corrected chi connectivity index (χ3v) is 5.11. The quantitative estimate of drug-likeness (QED) is 0.851. The molecule has 0 radical (unpaired) electrons. The molecule has 1 aromatic carbocycles. The summed E-state index contributed by atoms with van der Waals surface area (Å²) in [5, 5.41) is 0. The summed E-state index contributed by atoms with van der Waals surface area (Å²) >= 11 is 0. The van der Waals surface area contributed by atoms with Crippen LogP contribution in [0.25, 0.3) is 0 Å². The van der Waals surface area contributed by atoms with Gasteiger partial charge in [0.2, 0.25) is 0 Å². The minimum atomic E-state index is -0.371. The number of rotatable bonds is 3. The molecule has 1 saturated heterocycles. The average Bonchev–Trinajstić information content (AvgIpc) is 2.99. The van der Waals surface area contributed by atoms with E-state index < -0.39 is 0 Å². The summed E-state index contributed by atoms with van der Waals surface area (Å²) in [7, 11) is 0. The van der Waals surface area contributed by atoms with Crippen LogP contribution >= 0.6 is 0 Å². The molecule has 0 saturated carbocycles. The summed E-state index contributed by atoms with van der Waals surface area (Å²) in [5.74, 6) is 0.610. The molecule has 0 bridgehead atoms. The second-order valence-corrected chi connectivity index (χ2v) is 7.30. The number of carbonyl (C=O) groups excluding carboxylic acids is 1. The molecular weight excluding hydrogens is 328 g/mol. The fraction of sp³-hybridized carbons (Fsp3) is 0.429. The maximum absolute atomic E-state index is 13.1. The molecule has 5 nitrogen and oxygen atoms in total. The summed E-state index contributed by atoms with van der Waals surface area (Å²) in [6.07, 6.45) is 5.22. The summed E-state index contributed by atoms with van der Waals surface area (Å²) in [6, 6.07) is 10.2. The summed E-state index contributed by atoms with van der Waals surface area (Å²) in [5.41, 5.74) is 2.75. The van der Waals surface area contributed by atoms with Gasteiger partial charge in [0, 0.05) is 12.7 Å². The number of nitrogens with zero attached hydrogens (tertiary/aromatic N) is 2. The smallest absolute Gasteiger partial charge is 0.255 e. The lowest BCUT2D eigenvalue weighted by Crippen LogP contribution is -2.51. The van der Waals surface area contributed by atoms with E-state index in [9.17, 15) is 4.79 Å². The number of morpholine rings is 1. The second-order valence-electron chi connectivity index (χ2n) is 7.30. The first-order valence-electron chi connectivity index (χ1n) is 9.21. The first-order chi connectivity index (χ1) is 12.6. The number of benzene rings is 1. The van der Waals surface area contributed by atoms with Crippen molar-refractivity contribution in [3.63, 3.8) is 0 Å². The number of aryl methyl sites for hydroxylation is 1. The van der Waals surface area contributed by atoms with Gasteiger partial charge < -0.3 is 14.4 Å². The van der Waals surface area contributed by atoms with E-state index in [1.807, 2.05) is 24.8 Å². The molecule has 1 fully saturated rings. The van der Waals surface area contributed by atoms with E-state index in [-0.39, 0.29) is 17.6 Å². The zero-order valence-electron chi connectivity index (χ0n) is 15.3. The van der Waals surface area contributed by atoms with Crippen LogP contribution in [0.1, 0.15) is 41.8 Å². The molecule has 1 spiro atoms. The number of amides is 1. The van der Waals surface area contributed by atoms with Gasteiger partial charge in [-0.05, 0) is 43.9 Å². The van der Waals surface area contributed by atoms with Gasteiger partial charge in [0.15, 0.2) is 0 Å². The lowest BCUT2D eigenvalue weighted by Gasteiger charge is -2.41. The van der Waals surface area contributed by atoms with Gasteiger partial charge in [-0.25, -0.2) is 0 Å². The molecule has 2 aliphatic rings. The van der Waals surface area contributed by atoms with E-state index >= 15 is 0 Å². The van der Waals surface area contributed by atoms with Gasteiger partial charge in [0.1, 0.15) is 11.4 Å². The van der Waals surface area contributed by atoms with Crippen LogP contribution in [0.15, 0.2) is 42.7 Å². The Balaban J connectivity index is 1.56. The van der Waals surface area contributed by atoms with Crippen molar-refractivity contribution >= 4 is 5.91 Å². The van der Waals surface area contributed by atoms with Crippen molar-refractivity contribution in [3.05, 3.63) is 59.4 Å². The van der Waals surface area contributed by atoms with Crippen molar-refractivity contribution in [1.82, 2.24) is 9.88 Å². The summed E-state index contributed by atoms with van der Waals surface area (Å²) in [4.78, 5) is 19.1. The number of hydrogen-bond acceptors (Lipinski definition) is 4. The fourth-order valence-corrected chi connectivity index (χ4v) is 3.98. The Hall–Kier alpha value is -2.40. The Morgan fingerprint density at radius 2 is 2.15 bits per heavy atom. The van der Waals surface area contributed by atoms with Gasteiger partial charge in [0.05, 0.1) is 31.0 Å². The Morgan fingerprint density at radius 1 is 1.31 bits per heavy atom. The third-order valence-electron chi connectivity index (χ3n) is 5.11. The number of carbonyl (C=O) groups is 1. The van der Waals surface area contributed by atoms with Crippen LogP contribution in [-0.2, 0) is 16.8 Å². The maximum atomic E-state index is 13.1. The predicted octanol–water partition coefficient (Wildman–Crippen LogP) is 3.18. The highest BCUT2D eigenvalue weighted by atomic mass is 16.5. The van der Waals surface area contributed by atoms with E-state index in [4.69, 9.17) is 9.47 Å². The molecule has 26 heavy (non-hydrogen) atoms. The van der Waals surface area contributed by atoms with Crippen LogP contribution in [0.5, 0.6) is 5.75 Å². The van der Waals surface area contributed by atoms with Crippen molar-refractivity contribution < 1.29 is 14.3 Å². The molecular formula is C21H24N2O3. The number of fused-ring (bicyclic) bond motifs is 2. The van der Waals surface area contributed by atoms with Crippen molar-refractivity contribution in [2.24, 2.45) is 0 Å². The van der Waals surface area contributed by atoms with Crippen molar-refractivity contribution in [3.8, 4) is 5.75 Å². The van der Waals surface area contributed by atoms with Crippen molar-refractivity contribution in [1.29, 1.82) is 0 Å². The predicted molar refractivity (Wildman–Crippen MR) is 98.3 cm³/mol. The van der Waals surface area contributed by atoms with E-state index in [2.05, 4.69) is 23.2 Å². The first kappa shape index (κ1) is 17.0. The summed E-state index contributed by atoms with van der Waals surface area (Å²) in [6.45, 7) is 5.64. The van der Waals surface area contributed by atoms with Crippen LogP contribution in [0.2, 0.25) is 0 Å². The molecule has 2 aromatic rings. The Labute approximate surface area is 153 Å². The summed E-state index contributed by atoms with van der Waals surface area (Å²) < 4.78 is 11.9.